The van der Waals surface area contributed by atoms with E-state index in [1.54, 1.807) is 0 Å². The van der Waals surface area contributed by atoms with Crippen LogP contribution in [-0.4, -0.2) is 24.2 Å². The quantitative estimate of drug-likeness (QED) is 0.283. The zero-order chi connectivity index (χ0) is 26.9. The fourth-order valence-corrected chi connectivity index (χ4v) is 7.49. The summed E-state index contributed by atoms with van der Waals surface area (Å²) in [6.45, 7) is 6.71. The van der Waals surface area contributed by atoms with Gasteiger partial charge < -0.3 is 18.9 Å². The van der Waals surface area contributed by atoms with Gasteiger partial charge in [-0.2, -0.15) is 0 Å². The summed E-state index contributed by atoms with van der Waals surface area (Å²) in [4.78, 5) is 0. The molecule has 5 rings (SSSR count). The number of benzene rings is 3. The van der Waals surface area contributed by atoms with Crippen LogP contribution in [0.4, 0.5) is 0 Å². The van der Waals surface area contributed by atoms with Gasteiger partial charge in [-0.3, -0.25) is 4.57 Å². The molecule has 0 radical (unpaired) electrons. The zero-order valence-electron chi connectivity index (χ0n) is 22.3. The van der Waals surface area contributed by atoms with E-state index in [1.165, 1.54) is 16.7 Å². The molecular weight excluding hydrogens is 519 g/mol. The molecule has 3 aromatic rings. The Morgan fingerprint density at radius 1 is 1.13 bits per heavy atom. The van der Waals surface area contributed by atoms with Crippen LogP contribution in [0.3, 0.4) is 0 Å². The first-order valence-electron chi connectivity index (χ1n) is 13.5. The van der Waals surface area contributed by atoms with Gasteiger partial charge in [-0.15, -0.1) is 0 Å². The van der Waals surface area contributed by atoms with E-state index in [2.05, 4.69) is 32.9 Å². The lowest BCUT2D eigenvalue weighted by Gasteiger charge is -2.29. The highest BCUT2D eigenvalue weighted by Crippen LogP contribution is 2.53. The standard InChI is InChI=1S/C31H36ClO5P/c1-20(2)29-18-23(9-12-30(29)33)28-11-8-24-17-27(15-21(3)31(24)28)35-19-38(34)36-14-13-26(37-38)10-7-22-5-4-6-25(32)16-22/h4-6,9,12,15-18,20,26,28,33H,7-8,10-11,13-14,19H2,1-3H3/t26-,28-,38-/m1/s1. The molecule has 1 saturated heterocycles. The maximum atomic E-state index is 13.3. The van der Waals surface area contributed by atoms with Crippen molar-refractivity contribution < 1.29 is 23.5 Å². The predicted molar refractivity (Wildman–Crippen MR) is 152 cm³/mol. The minimum Gasteiger partial charge on any atom is -0.508 e. The number of fused-ring (bicyclic) bond motifs is 1. The Kier molecular flexibility index (Phi) is 8.21. The molecule has 3 aromatic carbocycles. The number of rotatable bonds is 8. The predicted octanol–water partition coefficient (Wildman–Crippen LogP) is 8.52. The fourth-order valence-electron chi connectivity index (χ4n) is 5.73. The van der Waals surface area contributed by atoms with E-state index >= 15 is 0 Å². The molecule has 1 aliphatic carbocycles. The first kappa shape index (κ1) is 27.3. The Morgan fingerprint density at radius 3 is 2.76 bits per heavy atom. The first-order chi connectivity index (χ1) is 18.2. The second kappa shape index (κ2) is 11.4. The van der Waals surface area contributed by atoms with Crippen molar-refractivity contribution in [2.75, 3.05) is 13.0 Å². The molecule has 0 saturated carbocycles. The number of phenolic OH excluding ortho intramolecular Hbond substituents is 1. The summed E-state index contributed by atoms with van der Waals surface area (Å²) in [5, 5.41) is 11.0. The summed E-state index contributed by atoms with van der Waals surface area (Å²) in [6.07, 6.45) is 3.99. The highest BCUT2D eigenvalue weighted by atomic mass is 35.5. The molecule has 0 aromatic heterocycles. The monoisotopic (exact) mass is 554 g/mol. The highest BCUT2D eigenvalue weighted by molar-refractivity contribution is 7.53. The molecule has 38 heavy (non-hydrogen) atoms. The number of aryl methyl sites for hydroxylation is 3. The minimum absolute atomic E-state index is 0.0992. The number of phenols is 1. The number of aromatic hydroxyl groups is 1. The number of halogens is 1. The van der Waals surface area contributed by atoms with Gasteiger partial charge in [0.1, 0.15) is 11.5 Å². The summed E-state index contributed by atoms with van der Waals surface area (Å²) in [6, 6.07) is 17.9. The molecule has 7 heteroatoms. The van der Waals surface area contributed by atoms with Gasteiger partial charge in [-0.1, -0.05) is 49.7 Å². The zero-order valence-corrected chi connectivity index (χ0v) is 23.9. The van der Waals surface area contributed by atoms with Crippen molar-refractivity contribution in [2.45, 2.75) is 70.8 Å². The molecule has 3 atom stereocenters. The number of hydrogen-bond acceptors (Lipinski definition) is 5. The van der Waals surface area contributed by atoms with E-state index in [9.17, 15) is 9.67 Å². The van der Waals surface area contributed by atoms with Crippen molar-refractivity contribution in [2.24, 2.45) is 0 Å². The number of hydrogen-bond donors (Lipinski definition) is 1. The summed E-state index contributed by atoms with van der Waals surface area (Å²) < 4.78 is 30.9. The third-order valence-electron chi connectivity index (χ3n) is 7.64. The molecule has 1 fully saturated rings. The fraction of sp³-hybridized carbons (Fsp3) is 0.419. The van der Waals surface area contributed by atoms with Crippen LogP contribution in [0, 0.1) is 6.92 Å². The van der Waals surface area contributed by atoms with Gasteiger partial charge in [0.05, 0.1) is 12.7 Å². The van der Waals surface area contributed by atoms with E-state index < -0.39 is 7.60 Å². The van der Waals surface area contributed by atoms with Gasteiger partial charge in [0.2, 0.25) is 0 Å². The van der Waals surface area contributed by atoms with Crippen molar-refractivity contribution in [3.05, 3.63) is 93.0 Å². The van der Waals surface area contributed by atoms with Crippen LogP contribution in [0.15, 0.2) is 54.6 Å². The van der Waals surface area contributed by atoms with Crippen molar-refractivity contribution in [1.29, 1.82) is 0 Å². The lowest BCUT2D eigenvalue weighted by Crippen LogP contribution is -2.23. The summed E-state index contributed by atoms with van der Waals surface area (Å²) in [5.41, 5.74) is 7.10. The van der Waals surface area contributed by atoms with Crippen LogP contribution in [0.25, 0.3) is 0 Å². The van der Waals surface area contributed by atoms with Crippen LogP contribution in [0.5, 0.6) is 11.5 Å². The van der Waals surface area contributed by atoms with Crippen LogP contribution in [0.1, 0.15) is 78.3 Å². The van der Waals surface area contributed by atoms with E-state index in [1.807, 2.05) is 42.5 Å². The minimum atomic E-state index is -3.35. The lowest BCUT2D eigenvalue weighted by atomic mass is 9.87. The van der Waals surface area contributed by atoms with Gasteiger partial charge in [0.15, 0.2) is 6.35 Å². The van der Waals surface area contributed by atoms with Gasteiger partial charge in [-0.05, 0) is 109 Å². The molecule has 0 unspecified atom stereocenters. The van der Waals surface area contributed by atoms with Gasteiger partial charge >= 0.3 is 7.60 Å². The Hall–Kier alpha value is -2.30. The summed E-state index contributed by atoms with van der Waals surface area (Å²) in [7, 11) is -3.35. The van der Waals surface area contributed by atoms with E-state index in [0.717, 1.165) is 42.4 Å². The average Bonchev–Trinajstić information content (AvgIpc) is 3.31. The lowest BCUT2D eigenvalue weighted by molar-refractivity contribution is 0.0681. The molecular formula is C31H36ClO5P. The molecule has 0 bridgehead atoms. The van der Waals surface area contributed by atoms with E-state index in [-0.39, 0.29) is 18.4 Å². The maximum absolute atomic E-state index is 13.3. The molecule has 2 aliphatic rings. The summed E-state index contributed by atoms with van der Waals surface area (Å²) in [5.74, 6) is 1.60. The third-order valence-corrected chi connectivity index (χ3v) is 9.52. The van der Waals surface area contributed by atoms with Crippen LogP contribution in [0.2, 0.25) is 5.02 Å². The second-order valence-electron chi connectivity index (χ2n) is 10.8. The Labute approximate surface area is 230 Å². The SMILES string of the molecule is Cc1cc(OC[P@@]2(=O)OCC[C@@H](CCc3cccc(Cl)c3)O2)cc2c1[C@@H](c1ccc(O)c(C(C)C)c1)CC2. The Bertz CT molecular complexity index is 1350. The smallest absolute Gasteiger partial charge is 0.368 e. The number of ether oxygens (including phenoxy) is 1. The third kappa shape index (κ3) is 6.13. The van der Waals surface area contributed by atoms with Crippen molar-refractivity contribution in [3.63, 3.8) is 0 Å². The molecule has 1 N–H and O–H groups in total. The van der Waals surface area contributed by atoms with Gasteiger partial charge in [0.25, 0.3) is 0 Å². The molecule has 0 amide bonds. The van der Waals surface area contributed by atoms with Crippen molar-refractivity contribution in [3.8, 4) is 11.5 Å². The topological polar surface area (TPSA) is 65.0 Å². The molecule has 1 heterocycles. The van der Waals surface area contributed by atoms with Crippen molar-refractivity contribution in [1.82, 2.24) is 0 Å². The largest absolute Gasteiger partial charge is 0.508 e. The summed E-state index contributed by atoms with van der Waals surface area (Å²) >= 11 is 6.10. The van der Waals surface area contributed by atoms with Gasteiger partial charge in [0, 0.05) is 10.9 Å². The van der Waals surface area contributed by atoms with Crippen LogP contribution >= 0.6 is 19.2 Å². The Morgan fingerprint density at radius 2 is 1.97 bits per heavy atom. The molecule has 202 valence electrons. The Balaban J connectivity index is 1.24. The van der Waals surface area contributed by atoms with E-state index in [4.69, 9.17) is 25.4 Å². The van der Waals surface area contributed by atoms with E-state index in [0.29, 0.717) is 35.5 Å². The highest BCUT2D eigenvalue weighted by Gasteiger charge is 2.35. The van der Waals surface area contributed by atoms with Crippen molar-refractivity contribution >= 4 is 19.2 Å². The molecule has 5 nitrogen and oxygen atoms in total. The maximum Gasteiger partial charge on any atom is 0.368 e. The van der Waals surface area contributed by atoms with Crippen LogP contribution in [-0.2, 0) is 26.5 Å². The van der Waals surface area contributed by atoms with Crippen LogP contribution < -0.4 is 4.74 Å². The normalized spacial score (nSPS) is 23.0. The molecule has 0 spiro atoms. The van der Waals surface area contributed by atoms with Gasteiger partial charge in [-0.25, -0.2) is 0 Å². The molecule has 1 aliphatic heterocycles. The first-order valence-corrected chi connectivity index (χ1v) is 15.6. The second-order valence-corrected chi connectivity index (χ2v) is 13.2. The average molecular weight is 555 g/mol.